The highest BCUT2D eigenvalue weighted by atomic mass is 32.1. The van der Waals surface area contributed by atoms with Crippen molar-refractivity contribution in [2.45, 2.75) is 13.1 Å². The van der Waals surface area contributed by atoms with E-state index in [4.69, 9.17) is 19.5 Å². The number of rotatable bonds is 10. The summed E-state index contributed by atoms with van der Waals surface area (Å²) in [4.78, 5) is 16.0. The molecule has 0 saturated carbocycles. The molecule has 0 saturated heterocycles. The lowest BCUT2D eigenvalue weighted by molar-refractivity contribution is -0.127. The molecule has 0 bridgehead atoms. The molecule has 3 rings (SSSR count). The zero-order chi connectivity index (χ0) is 22.8. The van der Waals surface area contributed by atoms with Crippen LogP contribution in [0.5, 0.6) is 17.2 Å². The number of carbonyl (C=O) groups is 1. The van der Waals surface area contributed by atoms with Crippen molar-refractivity contribution in [3.8, 4) is 23.3 Å². The quantitative estimate of drug-likeness (QED) is 0.412. The fraction of sp³-hybridized carbons (Fsp3) is 0.200. The van der Waals surface area contributed by atoms with Crippen LogP contribution < -0.4 is 14.2 Å². The van der Waals surface area contributed by atoms with Crippen molar-refractivity contribution in [2.75, 3.05) is 20.8 Å². The van der Waals surface area contributed by atoms with E-state index in [2.05, 4.69) is 0 Å². The number of hydrogen-bond donors (Lipinski definition) is 0. The van der Waals surface area contributed by atoms with Gasteiger partial charge in [0.1, 0.15) is 11.8 Å². The number of nitrogens with zero attached hydrogens (tertiary/aromatic N) is 2. The molecular weight excluding hydrogens is 424 g/mol. The maximum atomic E-state index is 13.1. The Bertz CT molecular complexity index is 1100. The van der Waals surface area contributed by atoms with E-state index in [0.717, 1.165) is 21.8 Å². The molecule has 3 aromatic rings. The number of hydrogen-bond acceptors (Lipinski definition) is 6. The molecule has 0 spiro atoms. The van der Waals surface area contributed by atoms with Crippen LogP contribution in [-0.2, 0) is 17.9 Å². The van der Waals surface area contributed by atoms with Crippen LogP contribution in [0.2, 0.25) is 0 Å². The van der Waals surface area contributed by atoms with Crippen LogP contribution in [0.1, 0.15) is 16.0 Å². The Labute approximate surface area is 191 Å². The lowest BCUT2D eigenvalue weighted by Gasteiger charge is -2.22. The molecule has 1 heterocycles. The summed E-state index contributed by atoms with van der Waals surface area (Å²) in [6.07, 6.45) is 3.29. The Hall–Kier alpha value is -3.76. The van der Waals surface area contributed by atoms with Crippen molar-refractivity contribution in [2.24, 2.45) is 0 Å². The second kappa shape index (κ2) is 11.6. The molecule has 0 atom stereocenters. The molecule has 0 fully saturated rings. The molecule has 0 unspecified atom stereocenters. The number of benzene rings is 2. The van der Waals surface area contributed by atoms with Crippen LogP contribution in [0.4, 0.5) is 0 Å². The fourth-order valence-corrected chi connectivity index (χ4v) is 3.85. The normalized spacial score (nSPS) is 10.5. The topological polar surface area (TPSA) is 71.8 Å². The van der Waals surface area contributed by atoms with Gasteiger partial charge in [0, 0.05) is 23.1 Å². The van der Waals surface area contributed by atoms with Crippen LogP contribution in [0, 0.1) is 11.3 Å². The van der Waals surface area contributed by atoms with E-state index in [1.807, 2.05) is 53.9 Å². The Kier molecular flexibility index (Phi) is 8.29. The number of para-hydroxylation sites is 1. The van der Waals surface area contributed by atoms with Gasteiger partial charge in [-0.2, -0.15) is 5.26 Å². The third-order valence-electron chi connectivity index (χ3n) is 4.69. The number of amides is 1. The van der Waals surface area contributed by atoms with E-state index in [1.165, 1.54) is 7.11 Å². The van der Waals surface area contributed by atoms with Gasteiger partial charge in [-0.15, -0.1) is 11.3 Å². The number of nitriles is 1. The third-order valence-corrected chi connectivity index (χ3v) is 5.55. The van der Waals surface area contributed by atoms with Crippen molar-refractivity contribution in [3.63, 3.8) is 0 Å². The lowest BCUT2D eigenvalue weighted by Crippen LogP contribution is -2.28. The summed E-state index contributed by atoms with van der Waals surface area (Å²) >= 11 is 1.61. The smallest absolute Gasteiger partial charge is 0.247 e. The first kappa shape index (κ1) is 22.9. The molecule has 1 aromatic heterocycles. The van der Waals surface area contributed by atoms with E-state index < -0.39 is 0 Å². The molecule has 1 amide bonds. The Morgan fingerprint density at radius 2 is 1.84 bits per heavy atom. The maximum absolute atomic E-state index is 13.1. The lowest BCUT2D eigenvalue weighted by atomic mass is 10.1. The van der Waals surface area contributed by atoms with Gasteiger partial charge in [0.05, 0.1) is 20.8 Å². The van der Waals surface area contributed by atoms with Gasteiger partial charge in [0.2, 0.25) is 5.91 Å². The summed E-state index contributed by atoms with van der Waals surface area (Å²) in [6.45, 7) is 0.864. The average Bonchev–Trinajstić information content (AvgIpc) is 3.34. The predicted octanol–water partition coefficient (Wildman–Crippen LogP) is 4.91. The van der Waals surface area contributed by atoms with Crippen molar-refractivity contribution in [3.05, 3.63) is 82.1 Å². The van der Waals surface area contributed by atoms with Crippen LogP contribution >= 0.6 is 11.3 Å². The Morgan fingerprint density at radius 3 is 2.56 bits per heavy atom. The molecule has 32 heavy (non-hydrogen) atoms. The highest BCUT2D eigenvalue weighted by Gasteiger charge is 2.15. The van der Waals surface area contributed by atoms with Gasteiger partial charge >= 0.3 is 0 Å². The minimum atomic E-state index is -0.118. The molecule has 2 aromatic carbocycles. The summed E-state index contributed by atoms with van der Waals surface area (Å²) in [6, 6.07) is 18.9. The van der Waals surface area contributed by atoms with Crippen molar-refractivity contribution in [1.82, 2.24) is 4.90 Å². The van der Waals surface area contributed by atoms with E-state index in [9.17, 15) is 4.79 Å². The monoisotopic (exact) mass is 448 g/mol. The molecule has 7 heteroatoms. The highest BCUT2D eigenvalue weighted by molar-refractivity contribution is 7.09. The SMILES string of the molecule is COc1ccccc1CN(Cc1cccs1)C(=O)/C=C/c1ccc(OCC#N)c(OC)c1. The Morgan fingerprint density at radius 1 is 1.03 bits per heavy atom. The van der Waals surface area contributed by atoms with Crippen molar-refractivity contribution >= 4 is 23.3 Å². The van der Waals surface area contributed by atoms with Crippen LogP contribution in [0.15, 0.2) is 66.1 Å². The molecule has 164 valence electrons. The van der Waals surface area contributed by atoms with Crippen molar-refractivity contribution < 1.29 is 19.0 Å². The molecule has 0 aliphatic rings. The zero-order valence-electron chi connectivity index (χ0n) is 18.0. The number of methoxy groups -OCH3 is 2. The van der Waals surface area contributed by atoms with Gasteiger partial charge in [-0.25, -0.2) is 0 Å². The zero-order valence-corrected chi connectivity index (χ0v) is 18.8. The third kappa shape index (κ3) is 6.13. The summed E-state index contributed by atoms with van der Waals surface area (Å²) < 4.78 is 16.1. The van der Waals surface area contributed by atoms with Gasteiger partial charge in [-0.05, 0) is 41.3 Å². The summed E-state index contributed by atoms with van der Waals surface area (Å²) in [5.74, 6) is 1.61. The van der Waals surface area contributed by atoms with Crippen LogP contribution in [0.25, 0.3) is 6.08 Å². The number of thiophene rings is 1. The Balaban J connectivity index is 1.80. The molecule has 6 nitrogen and oxygen atoms in total. The van der Waals surface area contributed by atoms with Gasteiger partial charge in [-0.3, -0.25) is 4.79 Å². The predicted molar refractivity (Wildman–Crippen MR) is 125 cm³/mol. The minimum absolute atomic E-state index is 0.0648. The second-order valence-corrected chi connectivity index (χ2v) is 7.81. The van der Waals surface area contributed by atoms with Crippen LogP contribution in [-0.4, -0.2) is 31.6 Å². The molecule has 0 aliphatic heterocycles. The fourth-order valence-electron chi connectivity index (χ4n) is 3.13. The average molecular weight is 449 g/mol. The van der Waals surface area contributed by atoms with E-state index in [0.29, 0.717) is 24.6 Å². The van der Waals surface area contributed by atoms with E-state index in [1.54, 1.807) is 47.6 Å². The standard InChI is InChI=1S/C25H24N2O4S/c1-29-22-8-4-3-6-20(22)17-27(18-21-7-5-15-32-21)25(28)12-10-19-9-11-23(31-14-13-26)24(16-19)30-2/h3-12,15-16H,14,17-18H2,1-2H3/b12-10+. The first-order valence-electron chi connectivity index (χ1n) is 9.93. The highest BCUT2D eigenvalue weighted by Crippen LogP contribution is 2.28. The number of carbonyl (C=O) groups excluding carboxylic acids is 1. The summed E-state index contributed by atoms with van der Waals surface area (Å²) in [5, 5.41) is 10.7. The molecule has 0 N–H and O–H groups in total. The van der Waals surface area contributed by atoms with Crippen LogP contribution in [0.3, 0.4) is 0 Å². The second-order valence-electron chi connectivity index (χ2n) is 6.78. The molecular formula is C25H24N2O4S. The number of ether oxygens (including phenoxy) is 3. The minimum Gasteiger partial charge on any atom is -0.496 e. The first-order chi connectivity index (χ1) is 15.6. The summed E-state index contributed by atoms with van der Waals surface area (Å²) in [7, 11) is 3.16. The largest absolute Gasteiger partial charge is 0.496 e. The van der Waals surface area contributed by atoms with Gasteiger partial charge in [-0.1, -0.05) is 30.3 Å². The summed E-state index contributed by atoms with van der Waals surface area (Å²) in [5.41, 5.74) is 1.72. The van der Waals surface area contributed by atoms with E-state index >= 15 is 0 Å². The first-order valence-corrected chi connectivity index (χ1v) is 10.8. The van der Waals surface area contributed by atoms with Crippen molar-refractivity contribution in [1.29, 1.82) is 5.26 Å². The van der Waals surface area contributed by atoms with Gasteiger partial charge in [0.15, 0.2) is 18.1 Å². The van der Waals surface area contributed by atoms with Gasteiger partial charge in [0.25, 0.3) is 0 Å². The van der Waals surface area contributed by atoms with E-state index in [-0.39, 0.29) is 12.5 Å². The van der Waals surface area contributed by atoms with Gasteiger partial charge < -0.3 is 19.1 Å². The molecule has 0 radical (unpaired) electrons. The maximum Gasteiger partial charge on any atom is 0.247 e. The molecule has 0 aliphatic carbocycles.